The average molecular weight is 533 g/mol. The first-order valence-electron chi connectivity index (χ1n) is 12.5. The number of hydrogen-bond acceptors (Lipinski definition) is 5. The first kappa shape index (κ1) is 27.0. The SMILES string of the molecule is CCC(c1nc2ccccc2c(=O)n1-c1cccc(Cl)c1)N(CC(C)C)C(=O)c1ccc(C)c([N+](=O)[O-])c1. The van der Waals surface area contributed by atoms with Crippen LogP contribution < -0.4 is 5.56 Å². The lowest BCUT2D eigenvalue weighted by Crippen LogP contribution is -2.40. The van der Waals surface area contributed by atoms with E-state index in [0.717, 1.165) is 0 Å². The van der Waals surface area contributed by atoms with E-state index in [2.05, 4.69) is 0 Å². The number of para-hydroxylation sites is 1. The van der Waals surface area contributed by atoms with E-state index in [4.69, 9.17) is 16.6 Å². The Hall–Kier alpha value is -4.04. The molecule has 1 heterocycles. The molecule has 0 aliphatic heterocycles. The van der Waals surface area contributed by atoms with Gasteiger partial charge < -0.3 is 4.90 Å². The van der Waals surface area contributed by atoms with Crippen molar-refractivity contribution >= 4 is 34.1 Å². The third kappa shape index (κ3) is 5.31. The molecule has 1 amide bonds. The number of aryl methyl sites for hydroxylation is 1. The van der Waals surface area contributed by atoms with Crippen molar-refractivity contribution in [3.05, 3.63) is 109 Å². The highest BCUT2D eigenvalue weighted by Gasteiger charge is 2.31. The zero-order valence-corrected chi connectivity index (χ0v) is 22.5. The third-order valence-corrected chi connectivity index (χ3v) is 6.64. The van der Waals surface area contributed by atoms with E-state index in [1.165, 1.54) is 10.6 Å². The number of fused-ring (bicyclic) bond motifs is 1. The average Bonchev–Trinajstić information content (AvgIpc) is 2.88. The number of carbonyl (C=O) groups excluding carboxylic acids is 1. The number of nitro benzene ring substituents is 1. The molecule has 0 radical (unpaired) electrons. The van der Waals surface area contributed by atoms with Gasteiger partial charge in [0.2, 0.25) is 0 Å². The van der Waals surface area contributed by atoms with Crippen LogP contribution in [-0.2, 0) is 0 Å². The van der Waals surface area contributed by atoms with E-state index in [1.807, 2.05) is 26.8 Å². The number of nitrogens with zero attached hydrogens (tertiary/aromatic N) is 4. The van der Waals surface area contributed by atoms with E-state index in [1.54, 1.807) is 66.4 Å². The minimum Gasteiger partial charge on any atom is -0.328 e. The second-order valence-electron chi connectivity index (χ2n) is 9.64. The van der Waals surface area contributed by atoms with E-state index >= 15 is 0 Å². The van der Waals surface area contributed by atoms with Crippen LogP contribution in [0.3, 0.4) is 0 Å². The summed E-state index contributed by atoms with van der Waals surface area (Å²) >= 11 is 6.29. The van der Waals surface area contributed by atoms with Gasteiger partial charge in [0.1, 0.15) is 5.82 Å². The van der Waals surface area contributed by atoms with Crippen LogP contribution in [0.25, 0.3) is 16.6 Å². The topological polar surface area (TPSA) is 98.3 Å². The monoisotopic (exact) mass is 532 g/mol. The summed E-state index contributed by atoms with van der Waals surface area (Å²) in [7, 11) is 0. The second-order valence-corrected chi connectivity index (χ2v) is 10.1. The van der Waals surface area contributed by atoms with Gasteiger partial charge in [-0.05, 0) is 55.7 Å². The van der Waals surface area contributed by atoms with Crippen molar-refractivity contribution in [1.82, 2.24) is 14.5 Å². The summed E-state index contributed by atoms with van der Waals surface area (Å²) in [4.78, 5) is 45.4. The van der Waals surface area contributed by atoms with Crippen LogP contribution in [0.2, 0.25) is 5.02 Å². The van der Waals surface area contributed by atoms with Crippen molar-refractivity contribution in [2.75, 3.05) is 6.54 Å². The summed E-state index contributed by atoms with van der Waals surface area (Å²) in [5.74, 6) is 0.114. The summed E-state index contributed by atoms with van der Waals surface area (Å²) in [6.07, 6.45) is 0.456. The molecule has 4 rings (SSSR count). The smallest absolute Gasteiger partial charge is 0.273 e. The highest BCUT2D eigenvalue weighted by atomic mass is 35.5. The zero-order valence-electron chi connectivity index (χ0n) is 21.7. The van der Waals surface area contributed by atoms with Crippen LogP contribution in [0.1, 0.15) is 55.0 Å². The molecular formula is C29H29ClN4O4. The molecule has 1 aromatic heterocycles. The van der Waals surface area contributed by atoms with Crippen molar-refractivity contribution in [2.24, 2.45) is 5.92 Å². The van der Waals surface area contributed by atoms with Gasteiger partial charge in [-0.1, -0.05) is 56.6 Å². The van der Waals surface area contributed by atoms with Crippen molar-refractivity contribution < 1.29 is 9.72 Å². The Balaban J connectivity index is 1.96. The highest BCUT2D eigenvalue weighted by molar-refractivity contribution is 6.30. The first-order chi connectivity index (χ1) is 18.1. The standard InChI is InChI=1S/C29H29ClN4O4/c1-5-25(32(17-18(2)3)28(35)20-14-13-19(4)26(15-20)34(37)38)27-31-24-12-7-6-11-23(24)29(36)33(27)22-10-8-9-21(30)16-22/h6-16,18,25H,5,17H2,1-4H3. The van der Waals surface area contributed by atoms with Crippen molar-refractivity contribution in [2.45, 2.75) is 40.2 Å². The molecule has 0 aliphatic rings. The van der Waals surface area contributed by atoms with Gasteiger partial charge >= 0.3 is 0 Å². The van der Waals surface area contributed by atoms with Gasteiger partial charge in [-0.25, -0.2) is 4.98 Å². The molecular weight excluding hydrogens is 504 g/mol. The second kappa shape index (κ2) is 11.1. The summed E-state index contributed by atoms with van der Waals surface area (Å²) in [6.45, 7) is 7.89. The Labute approximate surface area is 225 Å². The molecule has 0 aliphatic carbocycles. The Morgan fingerprint density at radius 3 is 2.50 bits per heavy atom. The lowest BCUT2D eigenvalue weighted by molar-refractivity contribution is -0.385. The minimum atomic E-state index is -0.596. The number of hydrogen-bond donors (Lipinski definition) is 0. The quantitative estimate of drug-likeness (QED) is 0.190. The van der Waals surface area contributed by atoms with Crippen molar-refractivity contribution in [1.29, 1.82) is 0 Å². The molecule has 0 saturated carbocycles. The van der Waals surface area contributed by atoms with Crippen LogP contribution in [-0.4, -0.2) is 31.8 Å². The maximum atomic E-state index is 14.0. The predicted octanol–water partition coefficient (Wildman–Crippen LogP) is 6.51. The molecule has 3 aromatic carbocycles. The maximum Gasteiger partial charge on any atom is 0.273 e. The van der Waals surface area contributed by atoms with E-state index in [9.17, 15) is 19.7 Å². The van der Waals surface area contributed by atoms with Gasteiger partial charge in [-0.2, -0.15) is 0 Å². The van der Waals surface area contributed by atoms with Gasteiger partial charge in [0.15, 0.2) is 0 Å². The van der Waals surface area contributed by atoms with Crippen molar-refractivity contribution in [3.8, 4) is 5.69 Å². The van der Waals surface area contributed by atoms with Gasteiger partial charge in [-0.15, -0.1) is 0 Å². The molecule has 0 bridgehead atoms. The van der Waals surface area contributed by atoms with Crippen LogP contribution in [0, 0.1) is 23.0 Å². The van der Waals surface area contributed by atoms with Crippen molar-refractivity contribution in [3.63, 3.8) is 0 Å². The van der Waals surface area contributed by atoms with Crippen LogP contribution in [0.5, 0.6) is 0 Å². The molecule has 0 saturated heterocycles. The largest absolute Gasteiger partial charge is 0.328 e. The summed E-state index contributed by atoms with van der Waals surface area (Å²) in [5, 5.41) is 12.5. The first-order valence-corrected chi connectivity index (χ1v) is 12.8. The van der Waals surface area contributed by atoms with Crippen LogP contribution in [0.4, 0.5) is 5.69 Å². The maximum absolute atomic E-state index is 14.0. The van der Waals surface area contributed by atoms with E-state index in [0.29, 0.717) is 46.0 Å². The molecule has 0 N–H and O–H groups in total. The van der Waals surface area contributed by atoms with Gasteiger partial charge in [0, 0.05) is 28.8 Å². The predicted molar refractivity (Wildman–Crippen MR) is 149 cm³/mol. The normalized spacial score (nSPS) is 12.1. The molecule has 196 valence electrons. The number of carbonyl (C=O) groups is 1. The van der Waals surface area contributed by atoms with Crippen LogP contribution >= 0.6 is 11.6 Å². The Bertz CT molecular complexity index is 1580. The van der Waals surface area contributed by atoms with Gasteiger partial charge in [0.25, 0.3) is 17.2 Å². The molecule has 1 atom stereocenters. The fourth-order valence-electron chi connectivity index (χ4n) is 4.63. The fraction of sp³-hybridized carbons (Fsp3) is 0.276. The lowest BCUT2D eigenvalue weighted by Gasteiger charge is -2.33. The van der Waals surface area contributed by atoms with Gasteiger partial charge in [0.05, 0.1) is 27.6 Å². The number of nitro groups is 1. The summed E-state index contributed by atoms with van der Waals surface area (Å²) in [5.41, 5.74) is 1.35. The highest BCUT2D eigenvalue weighted by Crippen LogP contribution is 2.30. The molecule has 0 fully saturated rings. The molecule has 38 heavy (non-hydrogen) atoms. The Morgan fingerprint density at radius 2 is 1.84 bits per heavy atom. The number of amides is 1. The number of rotatable bonds is 8. The molecule has 4 aromatic rings. The Morgan fingerprint density at radius 1 is 1.11 bits per heavy atom. The fourth-order valence-corrected chi connectivity index (χ4v) is 4.82. The number of halogens is 1. The number of aromatic nitrogens is 2. The van der Waals surface area contributed by atoms with Gasteiger partial charge in [-0.3, -0.25) is 24.3 Å². The molecule has 0 spiro atoms. The van der Waals surface area contributed by atoms with Crippen LogP contribution in [0.15, 0.2) is 71.5 Å². The molecule has 8 nitrogen and oxygen atoms in total. The van der Waals surface area contributed by atoms with E-state index < -0.39 is 11.0 Å². The zero-order chi connectivity index (χ0) is 27.6. The minimum absolute atomic E-state index is 0.0835. The summed E-state index contributed by atoms with van der Waals surface area (Å²) in [6, 6.07) is 17.9. The molecule has 1 unspecified atom stereocenters. The third-order valence-electron chi connectivity index (χ3n) is 6.40. The number of benzene rings is 3. The lowest BCUT2D eigenvalue weighted by atomic mass is 10.0. The van der Waals surface area contributed by atoms with E-state index in [-0.39, 0.29) is 28.6 Å². The summed E-state index contributed by atoms with van der Waals surface area (Å²) < 4.78 is 1.51. The molecule has 9 heteroatoms. The Kier molecular flexibility index (Phi) is 7.92.